The van der Waals surface area contributed by atoms with Gasteiger partial charge in [0.2, 0.25) is 0 Å². The van der Waals surface area contributed by atoms with Crippen LogP contribution in [0.4, 0.5) is 0 Å². The van der Waals surface area contributed by atoms with Crippen molar-refractivity contribution in [2.24, 2.45) is 0 Å². The zero-order valence-corrected chi connectivity index (χ0v) is 10.4. The summed E-state index contributed by atoms with van der Waals surface area (Å²) in [4.78, 5) is 22.0. The maximum Gasteiger partial charge on any atom is 0.347 e. The number of hydrogen-bond donors (Lipinski definition) is 0. The number of halogens is 1. The molecule has 1 fully saturated rings. The molecule has 0 aliphatic carbocycles. The van der Waals surface area contributed by atoms with Gasteiger partial charge in [-0.3, -0.25) is 4.79 Å². The van der Waals surface area contributed by atoms with Gasteiger partial charge in [0, 0.05) is 12.0 Å². The highest BCUT2D eigenvalue weighted by Gasteiger charge is 2.30. The molecule has 1 aromatic carbocycles. The third-order valence-corrected chi connectivity index (χ3v) is 2.82. The van der Waals surface area contributed by atoms with Crippen LogP contribution in [0.3, 0.4) is 0 Å². The Morgan fingerprint density at radius 1 is 1.50 bits per heavy atom. The van der Waals surface area contributed by atoms with E-state index < -0.39 is 12.1 Å². The molecule has 2 rings (SSSR count). The predicted octanol–water partition coefficient (Wildman–Crippen LogP) is 1.86. The number of rotatable bonds is 4. The van der Waals surface area contributed by atoms with Gasteiger partial charge in [-0.1, -0.05) is 11.6 Å². The molecule has 0 radical (unpaired) electrons. The summed E-state index contributed by atoms with van der Waals surface area (Å²) < 4.78 is 15.4. The molecular weight excluding hydrogens is 260 g/mol. The van der Waals surface area contributed by atoms with Gasteiger partial charge in [-0.15, -0.1) is 0 Å². The van der Waals surface area contributed by atoms with Gasteiger partial charge in [0.1, 0.15) is 6.29 Å². The van der Waals surface area contributed by atoms with Crippen molar-refractivity contribution >= 4 is 23.9 Å². The van der Waals surface area contributed by atoms with Crippen LogP contribution in [0.15, 0.2) is 12.1 Å². The number of benzene rings is 1. The average molecular weight is 271 g/mol. The number of cyclic esters (lactones) is 1. The molecule has 96 valence electrons. The molecule has 1 aliphatic heterocycles. The van der Waals surface area contributed by atoms with Crippen molar-refractivity contribution in [2.75, 3.05) is 13.7 Å². The number of carbonyl (C=O) groups excluding carboxylic acids is 2. The van der Waals surface area contributed by atoms with E-state index in [1.165, 1.54) is 19.2 Å². The first-order chi connectivity index (χ1) is 8.65. The summed E-state index contributed by atoms with van der Waals surface area (Å²) in [5.74, 6) is 0.130. The summed E-state index contributed by atoms with van der Waals surface area (Å²) in [6.07, 6.45) is 0.439. The fourth-order valence-electron chi connectivity index (χ4n) is 1.65. The molecule has 1 aliphatic rings. The Balaban J connectivity index is 2.31. The van der Waals surface area contributed by atoms with E-state index in [1.54, 1.807) is 0 Å². The monoisotopic (exact) mass is 270 g/mol. The Morgan fingerprint density at radius 2 is 2.28 bits per heavy atom. The van der Waals surface area contributed by atoms with E-state index in [-0.39, 0.29) is 10.8 Å². The second-order valence-electron chi connectivity index (χ2n) is 3.71. The molecule has 1 unspecified atom stereocenters. The molecule has 0 saturated carbocycles. The lowest BCUT2D eigenvalue weighted by Crippen LogP contribution is -2.22. The van der Waals surface area contributed by atoms with E-state index in [9.17, 15) is 9.59 Å². The first-order valence-electron chi connectivity index (χ1n) is 5.31. The van der Waals surface area contributed by atoms with E-state index in [0.29, 0.717) is 30.6 Å². The van der Waals surface area contributed by atoms with Crippen LogP contribution in [0.2, 0.25) is 5.02 Å². The summed E-state index contributed by atoms with van der Waals surface area (Å²) >= 11 is 6.00. The van der Waals surface area contributed by atoms with E-state index >= 15 is 0 Å². The molecule has 1 saturated heterocycles. The summed E-state index contributed by atoms with van der Waals surface area (Å²) in [6.45, 7) is 0.329. The van der Waals surface area contributed by atoms with Crippen LogP contribution in [0.5, 0.6) is 11.5 Å². The van der Waals surface area contributed by atoms with Gasteiger partial charge in [-0.05, 0) is 12.1 Å². The van der Waals surface area contributed by atoms with E-state index in [0.717, 1.165) is 0 Å². The van der Waals surface area contributed by atoms with Crippen molar-refractivity contribution in [2.45, 2.75) is 12.5 Å². The Bertz CT molecular complexity index is 486. The molecule has 1 heterocycles. The van der Waals surface area contributed by atoms with E-state index in [4.69, 9.17) is 25.8 Å². The van der Waals surface area contributed by atoms with Crippen molar-refractivity contribution < 1.29 is 23.8 Å². The molecular formula is C12H11ClO5. The highest BCUT2D eigenvalue weighted by molar-refractivity contribution is 6.32. The smallest absolute Gasteiger partial charge is 0.347 e. The Morgan fingerprint density at radius 3 is 2.83 bits per heavy atom. The molecule has 0 bridgehead atoms. The number of hydrogen-bond acceptors (Lipinski definition) is 5. The predicted molar refractivity (Wildman–Crippen MR) is 63.4 cm³/mol. The van der Waals surface area contributed by atoms with E-state index in [2.05, 4.69) is 0 Å². The highest BCUT2D eigenvalue weighted by Crippen LogP contribution is 2.37. The number of esters is 1. The second kappa shape index (κ2) is 5.27. The lowest BCUT2D eigenvalue weighted by Gasteiger charge is -2.15. The third kappa shape index (κ3) is 2.41. The second-order valence-corrected chi connectivity index (χ2v) is 4.12. The standard InChI is InChI=1S/C12H11ClO5/c1-16-10-5-7(6-14)4-8(13)11(10)18-9-2-3-17-12(9)15/h4-6,9H,2-3H2,1H3. The van der Waals surface area contributed by atoms with Gasteiger partial charge in [-0.25, -0.2) is 4.79 Å². The minimum absolute atomic E-state index is 0.219. The topological polar surface area (TPSA) is 61.8 Å². The molecule has 18 heavy (non-hydrogen) atoms. The lowest BCUT2D eigenvalue weighted by molar-refractivity contribution is -0.143. The van der Waals surface area contributed by atoms with Crippen molar-refractivity contribution in [1.29, 1.82) is 0 Å². The van der Waals surface area contributed by atoms with Crippen molar-refractivity contribution in [3.05, 3.63) is 22.7 Å². The van der Waals surface area contributed by atoms with Crippen LogP contribution in [-0.4, -0.2) is 32.1 Å². The van der Waals surface area contributed by atoms with Crippen molar-refractivity contribution in [1.82, 2.24) is 0 Å². The average Bonchev–Trinajstić information content (AvgIpc) is 2.77. The SMILES string of the molecule is COc1cc(C=O)cc(Cl)c1OC1CCOC1=O. The normalized spacial score (nSPS) is 18.3. The molecule has 1 aromatic rings. The number of methoxy groups -OCH3 is 1. The summed E-state index contributed by atoms with van der Waals surface area (Å²) in [5, 5.41) is 0.219. The minimum atomic E-state index is -0.682. The molecule has 1 atom stereocenters. The number of aldehydes is 1. The van der Waals surface area contributed by atoms with Crippen LogP contribution >= 0.6 is 11.6 Å². The molecule has 0 aromatic heterocycles. The number of carbonyl (C=O) groups is 2. The zero-order valence-electron chi connectivity index (χ0n) is 9.64. The highest BCUT2D eigenvalue weighted by atomic mass is 35.5. The number of ether oxygens (including phenoxy) is 3. The zero-order chi connectivity index (χ0) is 13.1. The molecule has 5 nitrogen and oxygen atoms in total. The summed E-state index contributed by atoms with van der Waals surface area (Å²) in [7, 11) is 1.43. The van der Waals surface area contributed by atoms with Gasteiger partial charge in [0.15, 0.2) is 17.6 Å². The molecule has 0 amide bonds. The van der Waals surface area contributed by atoms with Gasteiger partial charge in [0.25, 0.3) is 0 Å². The van der Waals surface area contributed by atoms with Gasteiger partial charge in [0.05, 0.1) is 18.7 Å². The molecule has 0 N–H and O–H groups in total. The van der Waals surface area contributed by atoms with Gasteiger partial charge < -0.3 is 14.2 Å². The Kier molecular flexibility index (Phi) is 3.72. The van der Waals surface area contributed by atoms with Gasteiger partial charge in [-0.2, -0.15) is 0 Å². The lowest BCUT2D eigenvalue weighted by atomic mass is 10.2. The van der Waals surface area contributed by atoms with Crippen LogP contribution < -0.4 is 9.47 Å². The van der Waals surface area contributed by atoms with Crippen molar-refractivity contribution in [3.63, 3.8) is 0 Å². The fourth-order valence-corrected chi connectivity index (χ4v) is 1.91. The minimum Gasteiger partial charge on any atom is -0.493 e. The van der Waals surface area contributed by atoms with E-state index in [1.807, 2.05) is 0 Å². The van der Waals surface area contributed by atoms with Crippen LogP contribution in [0.1, 0.15) is 16.8 Å². The summed E-state index contributed by atoms with van der Waals surface area (Å²) in [5.41, 5.74) is 0.373. The van der Waals surface area contributed by atoms with Crippen LogP contribution in [-0.2, 0) is 9.53 Å². The third-order valence-electron chi connectivity index (χ3n) is 2.54. The first-order valence-corrected chi connectivity index (χ1v) is 5.69. The van der Waals surface area contributed by atoms with Gasteiger partial charge >= 0.3 is 5.97 Å². The fraction of sp³-hybridized carbons (Fsp3) is 0.333. The Hall–Kier alpha value is -1.75. The maximum absolute atomic E-state index is 11.3. The first kappa shape index (κ1) is 12.7. The maximum atomic E-state index is 11.3. The van der Waals surface area contributed by atoms with Crippen LogP contribution in [0.25, 0.3) is 0 Å². The molecule has 0 spiro atoms. The summed E-state index contributed by atoms with van der Waals surface area (Å²) in [6, 6.07) is 2.95. The largest absolute Gasteiger partial charge is 0.493 e. The Labute approximate surface area is 109 Å². The van der Waals surface area contributed by atoms with Crippen molar-refractivity contribution in [3.8, 4) is 11.5 Å². The molecule has 6 heteroatoms. The quantitative estimate of drug-likeness (QED) is 0.617. The van der Waals surface area contributed by atoms with Crippen LogP contribution in [0, 0.1) is 0 Å².